The van der Waals surface area contributed by atoms with Crippen molar-refractivity contribution < 1.29 is 0 Å². The lowest BCUT2D eigenvalue weighted by molar-refractivity contribution is 0.254. The highest BCUT2D eigenvalue weighted by Crippen LogP contribution is 2.30. The van der Waals surface area contributed by atoms with Crippen LogP contribution in [0.2, 0.25) is 0 Å². The second kappa shape index (κ2) is 4.86. The molecule has 0 spiro atoms. The van der Waals surface area contributed by atoms with Gasteiger partial charge in [-0.05, 0) is 38.4 Å². The second-order valence-corrected chi connectivity index (χ2v) is 5.48. The minimum absolute atomic E-state index is 0.521. The van der Waals surface area contributed by atoms with Crippen LogP contribution in [0.4, 0.5) is 5.82 Å². The highest BCUT2D eigenvalue weighted by atomic mass is 15.3. The predicted octanol–water partition coefficient (Wildman–Crippen LogP) is 1.21. The largest absolute Gasteiger partial charge is 0.355 e. The number of aromatic nitrogens is 1. The standard InChI is InChI=1S/C14H22N4/c1-17-12-5-6-13(17)10-18(8-7-12)14-4-2-3-11(9-15)16-14/h2-4,12-13H,5-10,15H2,1H3. The topological polar surface area (TPSA) is 45.4 Å². The average molecular weight is 246 g/mol. The summed E-state index contributed by atoms with van der Waals surface area (Å²) in [7, 11) is 2.27. The fraction of sp³-hybridized carbons (Fsp3) is 0.643. The smallest absolute Gasteiger partial charge is 0.128 e. The van der Waals surface area contributed by atoms with E-state index in [1.54, 1.807) is 0 Å². The van der Waals surface area contributed by atoms with Crippen LogP contribution in [-0.2, 0) is 6.54 Å². The van der Waals surface area contributed by atoms with E-state index in [1.807, 2.05) is 6.07 Å². The van der Waals surface area contributed by atoms with Gasteiger partial charge in [-0.2, -0.15) is 0 Å². The van der Waals surface area contributed by atoms with Crippen molar-refractivity contribution in [3.05, 3.63) is 23.9 Å². The maximum atomic E-state index is 5.67. The van der Waals surface area contributed by atoms with Gasteiger partial charge in [0.05, 0.1) is 5.69 Å². The summed E-state index contributed by atoms with van der Waals surface area (Å²) in [6, 6.07) is 7.65. The van der Waals surface area contributed by atoms with Crippen molar-refractivity contribution in [1.29, 1.82) is 0 Å². The van der Waals surface area contributed by atoms with Gasteiger partial charge in [-0.15, -0.1) is 0 Å². The molecule has 2 bridgehead atoms. The van der Waals surface area contributed by atoms with Crippen LogP contribution in [0.5, 0.6) is 0 Å². The van der Waals surface area contributed by atoms with Crippen molar-refractivity contribution in [2.75, 3.05) is 25.0 Å². The molecule has 2 N–H and O–H groups in total. The van der Waals surface area contributed by atoms with Gasteiger partial charge < -0.3 is 10.6 Å². The Kier molecular flexibility index (Phi) is 3.22. The Bertz CT molecular complexity index is 420. The van der Waals surface area contributed by atoms with Gasteiger partial charge in [-0.25, -0.2) is 4.98 Å². The van der Waals surface area contributed by atoms with Gasteiger partial charge >= 0.3 is 0 Å². The molecule has 18 heavy (non-hydrogen) atoms. The second-order valence-electron chi connectivity index (χ2n) is 5.48. The molecule has 98 valence electrons. The van der Waals surface area contributed by atoms with Gasteiger partial charge in [-0.1, -0.05) is 6.07 Å². The molecule has 2 aliphatic rings. The first kappa shape index (κ1) is 11.9. The molecule has 4 heteroatoms. The number of nitrogens with zero attached hydrogens (tertiary/aromatic N) is 3. The minimum Gasteiger partial charge on any atom is -0.355 e. The molecule has 3 rings (SSSR count). The van der Waals surface area contributed by atoms with Crippen LogP contribution in [-0.4, -0.2) is 42.1 Å². The molecule has 0 saturated carbocycles. The van der Waals surface area contributed by atoms with Crippen LogP contribution in [0.3, 0.4) is 0 Å². The maximum absolute atomic E-state index is 5.67. The third kappa shape index (κ3) is 2.10. The van der Waals surface area contributed by atoms with E-state index in [9.17, 15) is 0 Å². The third-order valence-corrected chi connectivity index (χ3v) is 4.47. The Morgan fingerprint density at radius 3 is 2.94 bits per heavy atom. The summed E-state index contributed by atoms with van der Waals surface area (Å²) in [6.45, 7) is 2.74. The van der Waals surface area contributed by atoms with E-state index >= 15 is 0 Å². The molecular formula is C14H22N4. The molecule has 1 aromatic heterocycles. The Labute approximate surface area is 109 Å². The molecule has 2 fully saturated rings. The Hall–Kier alpha value is -1.13. The molecule has 0 aromatic carbocycles. The Morgan fingerprint density at radius 2 is 2.11 bits per heavy atom. The van der Waals surface area contributed by atoms with Gasteiger partial charge in [-0.3, -0.25) is 4.90 Å². The van der Waals surface area contributed by atoms with Gasteiger partial charge in [0.25, 0.3) is 0 Å². The third-order valence-electron chi connectivity index (χ3n) is 4.47. The molecule has 0 amide bonds. The van der Waals surface area contributed by atoms with Crippen LogP contribution >= 0.6 is 0 Å². The summed E-state index contributed by atoms with van der Waals surface area (Å²) in [5.74, 6) is 1.10. The van der Waals surface area contributed by atoms with Gasteiger partial charge in [0, 0.05) is 31.7 Å². The summed E-state index contributed by atoms with van der Waals surface area (Å²) in [5, 5.41) is 0. The fourth-order valence-corrected chi connectivity index (χ4v) is 3.27. The van der Waals surface area contributed by atoms with Crippen molar-refractivity contribution in [3.63, 3.8) is 0 Å². The van der Waals surface area contributed by atoms with Gasteiger partial charge in [0.2, 0.25) is 0 Å². The van der Waals surface area contributed by atoms with Crippen molar-refractivity contribution in [2.45, 2.75) is 37.9 Å². The average Bonchev–Trinajstić information content (AvgIpc) is 2.63. The quantitative estimate of drug-likeness (QED) is 0.852. The lowest BCUT2D eigenvalue weighted by Gasteiger charge is -2.26. The van der Waals surface area contributed by atoms with E-state index in [0.717, 1.165) is 30.6 Å². The van der Waals surface area contributed by atoms with Crippen LogP contribution in [0.1, 0.15) is 25.0 Å². The fourth-order valence-electron chi connectivity index (χ4n) is 3.27. The van der Waals surface area contributed by atoms with Crippen molar-refractivity contribution in [2.24, 2.45) is 5.73 Å². The number of fused-ring (bicyclic) bond motifs is 2. The highest BCUT2D eigenvalue weighted by molar-refractivity contribution is 5.40. The Morgan fingerprint density at radius 1 is 1.28 bits per heavy atom. The van der Waals surface area contributed by atoms with Crippen LogP contribution in [0.25, 0.3) is 0 Å². The lowest BCUT2D eigenvalue weighted by atomic mass is 10.1. The van der Waals surface area contributed by atoms with Crippen LogP contribution in [0, 0.1) is 0 Å². The van der Waals surface area contributed by atoms with E-state index in [2.05, 4.69) is 34.0 Å². The van der Waals surface area contributed by atoms with Gasteiger partial charge in [0.1, 0.15) is 5.82 Å². The minimum atomic E-state index is 0.521. The molecule has 2 saturated heterocycles. The first-order valence-corrected chi connectivity index (χ1v) is 6.91. The maximum Gasteiger partial charge on any atom is 0.128 e. The van der Waals surface area contributed by atoms with Gasteiger partial charge in [0.15, 0.2) is 0 Å². The molecule has 2 atom stereocenters. The molecule has 0 radical (unpaired) electrons. The zero-order valence-corrected chi connectivity index (χ0v) is 11.0. The molecule has 2 unspecified atom stereocenters. The van der Waals surface area contributed by atoms with E-state index < -0.39 is 0 Å². The summed E-state index contributed by atoms with van der Waals surface area (Å²) in [5.41, 5.74) is 6.65. The monoisotopic (exact) mass is 246 g/mol. The number of likely N-dealkylation sites (N-methyl/N-ethyl adjacent to an activating group) is 1. The SMILES string of the molecule is CN1C2CCC1CN(c1cccc(CN)n1)CC2. The number of rotatable bonds is 2. The highest BCUT2D eigenvalue weighted by Gasteiger charge is 2.34. The number of pyridine rings is 1. The van der Waals surface area contributed by atoms with Crippen molar-refractivity contribution in [3.8, 4) is 0 Å². The summed E-state index contributed by atoms with van der Waals surface area (Å²) >= 11 is 0. The summed E-state index contributed by atoms with van der Waals surface area (Å²) in [4.78, 5) is 9.64. The van der Waals surface area contributed by atoms with E-state index in [0.29, 0.717) is 12.6 Å². The number of hydrogen-bond donors (Lipinski definition) is 1. The van der Waals surface area contributed by atoms with E-state index in [1.165, 1.54) is 19.3 Å². The number of hydrogen-bond acceptors (Lipinski definition) is 4. The first-order valence-electron chi connectivity index (χ1n) is 6.91. The zero-order valence-electron chi connectivity index (χ0n) is 11.0. The van der Waals surface area contributed by atoms with E-state index in [4.69, 9.17) is 5.73 Å². The zero-order chi connectivity index (χ0) is 12.5. The van der Waals surface area contributed by atoms with Crippen LogP contribution in [0.15, 0.2) is 18.2 Å². The van der Waals surface area contributed by atoms with Crippen molar-refractivity contribution >= 4 is 5.82 Å². The first-order chi connectivity index (χ1) is 8.78. The summed E-state index contributed by atoms with van der Waals surface area (Å²) in [6.07, 6.45) is 3.95. The Balaban J connectivity index is 1.80. The molecule has 4 nitrogen and oxygen atoms in total. The molecular weight excluding hydrogens is 224 g/mol. The normalized spacial score (nSPS) is 28.4. The van der Waals surface area contributed by atoms with Crippen LogP contribution < -0.4 is 10.6 Å². The van der Waals surface area contributed by atoms with E-state index in [-0.39, 0.29) is 0 Å². The summed E-state index contributed by atoms with van der Waals surface area (Å²) < 4.78 is 0. The number of nitrogens with two attached hydrogens (primary N) is 1. The number of anilines is 1. The molecule has 3 heterocycles. The lowest BCUT2D eigenvalue weighted by Crippen LogP contribution is -2.37. The molecule has 0 aliphatic carbocycles. The molecule has 2 aliphatic heterocycles. The van der Waals surface area contributed by atoms with Crippen molar-refractivity contribution in [1.82, 2.24) is 9.88 Å². The predicted molar refractivity (Wildman–Crippen MR) is 73.5 cm³/mol. The molecule has 1 aromatic rings.